The van der Waals surface area contributed by atoms with Crippen LogP contribution in [0.1, 0.15) is 25.6 Å². The SMILES string of the molecule is Cn1ccnc1CN1CCN(CC(=O)N[C@@](C)(C#N)C2CC2)CC1. The van der Waals surface area contributed by atoms with Gasteiger partial charge in [-0.15, -0.1) is 0 Å². The van der Waals surface area contributed by atoms with Crippen LogP contribution in [0.4, 0.5) is 0 Å². The minimum Gasteiger partial charge on any atom is -0.337 e. The Labute approximate surface area is 143 Å². The summed E-state index contributed by atoms with van der Waals surface area (Å²) in [4.78, 5) is 21.2. The number of piperazine rings is 1. The first-order valence-electron chi connectivity index (χ1n) is 8.63. The van der Waals surface area contributed by atoms with Crippen molar-refractivity contribution >= 4 is 5.91 Å². The Morgan fingerprint density at radius 1 is 1.38 bits per heavy atom. The van der Waals surface area contributed by atoms with Crippen molar-refractivity contribution in [2.24, 2.45) is 13.0 Å². The van der Waals surface area contributed by atoms with Crippen molar-refractivity contribution in [3.05, 3.63) is 18.2 Å². The molecule has 24 heavy (non-hydrogen) atoms. The summed E-state index contributed by atoms with van der Waals surface area (Å²) in [6.45, 7) is 6.65. The highest BCUT2D eigenvalue weighted by atomic mass is 16.2. The molecule has 130 valence electrons. The van der Waals surface area contributed by atoms with Gasteiger partial charge in [-0.05, 0) is 25.7 Å². The fourth-order valence-electron chi connectivity index (χ4n) is 3.27. The fraction of sp³-hybridized carbons (Fsp3) is 0.706. The molecule has 3 rings (SSSR count). The maximum absolute atomic E-state index is 12.3. The number of hydrogen-bond acceptors (Lipinski definition) is 5. The van der Waals surface area contributed by atoms with E-state index >= 15 is 0 Å². The topological polar surface area (TPSA) is 77.2 Å². The Bertz CT molecular complexity index is 623. The second-order valence-electron chi connectivity index (χ2n) is 7.14. The number of nitrogens with zero attached hydrogens (tertiary/aromatic N) is 5. The van der Waals surface area contributed by atoms with Gasteiger partial charge in [0.1, 0.15) is 11.4 Å². The molecule has 0 aromatic carbocycles. The van der Waals surface area contributed by atoms with Gasteiger partial charge >= 0.3 is 0 Å². The van der Waals surface area contributed by atoms with Crippen LogP contribution in [0, 0.1) is 17.2 Å². The van der Waals surface area contributed by atoms with Crippen LogP contribution in [-0.4, -0.2) is 63.5 Å². The van der Waals surface area contributed by atoms with Crippen molar-refractivity contribution in [1.82, 2.24) is 24.7 Å². The predicted molar refractivity (Wildman–Crippen MR) is 89.8 cm³/mol. The number of imidazole rings is 1. The monoisotopic (exact) mass is 330 g/mol. The molecule has 2 fully saturated rings. The lowest BCUT2D eigenvalue weighted by molar-refractivity contribution is -0.124. The van der Waals surface area contributed by atoms with E-state index in [1.54, 1.807) is 0 Å². The Kier molecular flexibility index (Phi) is 4.88. The van der Waals surface area contributed by atoms with E-state index in [-0.39, 0.29) is 5.91 Å². The van der Waals surface area contributed by atoms with Crippen molar-refractivity contribution in [3.63, 3.8) is 0 Å². The van der Waals surface area contributed by atoms with Gasteiger partial charge in [0.05, 0.1) is 19.2 Å². The van der Waals surface area contributed by atoms with Crippen LogP contribution in [0.25, 0.3) is 0 Å². The molecule has 0 spiro atoms. The molecule has 7 heteroatoms. The van der Waals surface area contributed by atoms with E-state index in [4.69, 9.17) is 0 Å². The van der Waals surface area contributed by atoms with Gasteiger partial charge in [0, 0.05) is 45.6 Å². The maximum atomic E-state index is 12.3. The van der Waals surface area contributed by atoms with Gasteiger partial charge < -0.3 is 9.88 Å². The molecule has 1 atom stereocenters. The van der Waals surface area contributed by atoms with E-state index in [0.29, 0.717) is 12.5 Å². The zero-order valence-corrected chi connectivity index (χ0v) is 14.5. The van der Waals surface area contributed by atoms with Crippen LogP contribution in [-0.2, 0) is 18.4 Å². The Morgan fingerprint density at radius 3 is 2.58 bits per heavy atom. The van der Waals surface area contributed by atoms with E-state index in [2.05, 4.69) is 26.2 Å². The zero-order chi connectivity index (χ0) is 17.2. The molecule has 1 aliphatic carbocycles. The summed E-state index contributed by atoms with van der Waals surface area (Å²) in [5.41, 5.74) is -0.697. The lowest BCUT2D eigenvalue weighted by atomic mass is 9.98. The molecule has 2 aliphatic rings. The molecule has 1 aliphatic heterocycles. The number of carbonyl (C=O) groups is 1. The summed E-state index contributed by atoms with van der Waals surface area (Å²) in [6.07, 6.45) is 5.86. The standard InChI is InChI=1S/C17H26N6O/c1-17(13-18,14-3-4-14)20-16(24)12-23-9-7-22(8-10-23)11-15-19-5-6-21(15)2/h5-6,14H,3-4,7-12H2,1-2H3,(H,20,24)/t17-/m0/s1. The molecule has 1 aromatic heterocycles. The number of aromatic nitrogens is 2. The molecule has 0 radical (unpaired) electrons. The second kappa shape index (κ2) is 6.91. The maximum Gasteiger partial charge on any atom is 0.235 e. The van der Waals surface area contributed by atoms with Crippen molar-refractivity contribution in [3.8, 4) is 6.07 Å². The van der Waals surface area contributed by atoms with E-state index in [0.717, 1.165) is 51.4 Å². The summed E-state index contributed by atoms with van der Waals surface area (Å²) in [7, 11) is 2.01. The molecule has 0 bridgehead atoms. The van der Waals surface area contributed by atoms with Gasteiger partial charge in [-0.2, -0.15) is 5.26 Å². The molecule has 2 heterocycles. The van der Waals surface area contributed by atoms with Crippen molar-refractivity contribution in [1.29, 1.82) is 5.26 Å². The number of aryl methyl sites for hydroxylation is 1. The molecular formula is C17H26N6O. The lowest BCUT2D eigenvalue weighted by Gasteiger charge is -2.34. The second-order valence-corrected chi connectivity index (χ2v) is 7.14. The van der Waals surface area contributed by atoms with Crippen LogP contribution in [0.15, 0.2) is 12.4 Å². The number of rotatable bonds is 6. The summed E-state index contributed by atoms with van der Waals surface area (Å²) in [5, 5.41) is 12.3. The Hall–Kier alpha value is -1.91. The first kappa shape index (κ1) is 16.9. The molecule has 1 amide bonds. The molecule has 1 aromatic rings. The average Bonchev–Trinajstić information content (AvgIpc) is 3.35. The van der Waals surface area contributed by atoms with Crippen LogP contribution >= 0.6 is 0 Å². The number of carbonyl (C=O) groups excluding carboxylic acids is 1. The normalized spacial score (nSPS) is 21.9. The van der Waals surface area contributed by atoms with E-state index in [1.807, 2.05) is 30.9 Å². The van der Waals surface area contributed by atoms with Crippen molar-refractivity contribution in [2.45, 2.75) is 31.8 Å². The molecule has 1 N–H and O–H groups in total. The number of nitrogens with one attached hydrogen (secondary N) is 1. The predicted octanol–water partition coefficient (Wildman–Crippen LogP) is 0.346. The van der Waals surface area contributed by atoms with Crippen LogP contribution in [0.3, 0.4) is 0 Å². The number of nitriles is 1. The highest BCUT2D eigenvalue weighted by molar-refractivity contribution is 5.79. The van der Waals surface area contributed by atoms with E-state index in [1.165, 1.54) is 0 Å². The summed E-state index contributed by atoms with van der Waals surface area (Å²) in [5.74, 6) is 1.35. The van der Waals surface area contributed by atoms with Crippen molar-refractivity contribution < 1.29 is 4.79 Å². The van der Waals surface area contributed by atoms with Gasteiger partial charge in [0.25, 0.3) is 0 Å². The minimum absolute atomic E-state index is 0.0384. The van der Waals surface area contributed by atoms with E-state index in [9.17, 15) is 10.1 Å². The van der Waals surface area contributed by atoms with Crippen LogP contribution in [0.2, 0.25) is 0 Å². The van der Waals surface area contributed by atoms with Crippen molar-refractivity contribution in [2.75, 3.05) is 32.7 Å². The quantitative estimate of drug-likeness (QED) is 0.814. The van der Waals surface area contributed by atoms with Gasteiger partial charge in [0.15, 0.2) is 0 Å². The number of amides is 1. The summed E-state index contributed by atoms with van der Waals surface area (Å²) < 4.78 is 2.04. The van der Waals surface area contributed by atoms with Crippen LogP contribution < -0.4 is 5.32 Å². The summed E-state index contributed by atoms with van der Waals surface area (Å²) in [6, 6.07) is 2.28. The Balaban J connectivity index is 1.43. The minimum atomic E-state index is -0.697. The van der Waals surface area contributed by atoms with Gasteiger partial charge in [-0.25, -0.2) is 4.98 Å². The van der Waals surface area contributed by atoms with Gasteiger partial charge in [-0.1, -0.05) is 0 Å². The van der Waals surface area contributed by atoms with Crippen LogP contribution in [0.5, 0.6) is 0 Å². The van der Waals surface area contributed by atoms with E-state index < -0.39 is 5.54 Å². The fourth-order valence-corrected chi connectivity index (χ4v) is 3.27. The Morgan fingerprint density at radius 2 is 2.04 bits per heavy atom. The largest absolute Gasteiger partial charge is 0.337 e. The lowest BCUT2D eigenvalue weighted by Crippen LogP contribution is -2.53. The molecule has 1 saturated carbocycles. The van der Waals surface area contributed by atoms with Gasteiger partial charge in [0.2, 0.25) is 5.91 Å². The summed E-state index contributed by atoms with van der Waals surface area (Å²) >= 11 is 0. The van der Waals surface area contributed by atoms with Gasteiger partial charge in [-0.3, -0.25) is 14.6 Å². The third-order valence-corrected chi connectivity index (χ3v) is 5.14. The number of hydrogen-bond donors (Lipinski definition) is 1. The zero-order valence-electron chi connectivity index (χ0n) is 14.5. The first-order chi connectivity index (χ1) is 11.5. The molecule has 7 nitrogen and oxygen atoms in total. The first-order valence-corrected chi connectivity index (χ1v) is 8.63. The smallest absolute Gasteiger partial charge is 0.235 e. The highest BCUT2D eigenvalue weighted by Gasteiger charge is 2.43. The highest BCUT2D eigenvalue weighted by Crippen LogP contribution is 2.39. The third-order valence-electron chi connectivity index (χ3n) is 5.14. The molecule has 1 saturated heterocycles. The molecular weight excluding hydrogens is 304 g/mol. The average molecular weight is 330 g/mol. The molecule has 0 unspecified atom stereocenters. The third kappa shape index (κ3) is 3.94.